The predicted molar refractivity (Wildman–Crippen MR) is 50.1 cm³/mol. The van der Waals surface area contributed by atoms with Gasteiger partial charge < -0.3 is 4.74 Å². The van der Waals surface area contributed by atoms with Gasteiger partial charge in [0.2, 0.25) is 0 Å². The Morgan fingerprint density at radius 2 is 2.17 bits per heavy atom. The van der Waals surface area contributed by atoms with Crippen LogP contribution in [-0.4, -0.2) is 19.5 Å². The van der Waals surface area contributed by atoms with Gasteiger partial charge in [0.05, 0.1) is 6.10 Å². The quantitative estimate of drug-likeness (QED) is 0.467. The van der Waals surface area contributed by atoms with Crippen LogP contribution >= 0.6 is 0 Å². The van der Waals surface area contributed by atoms with Gasteiger partial charge >= 0.3 is 0 Å². The van der Waals surface area contributed by atoms with Crippen LogP contribution in [-0.2, 0) is 9.53 Å². The van der Waals surface area contributed by atoms with Crippen LogP contribution in [0.1, 0.15) is 27.2 Å². The summed E-state index contributed by atoms with van der Waals surface area (Å²) in [6, 6.07) is 0. The van der Waals surface area contributed by atoms with Crippen LogP contribution in [0.4, 0.5) is 0 Å². The molecule has 0 amide bonds. The van der Waals surface area contributed by atoms with E-state index in [9.17, 15) is 4.79 Å². The van der Waals surface area contributed by atoms with Crippen LogP contribution in [0.2, 0.25) is 0 Å². The van der Waals surface area contributed by atoms with E-state index in [0.29, 0.717) is 5.92 Å². The van der Waals surface area contributed by atoms with Gasteiger partial charge in [0.25, 0.3) is 0 Å². The number of allylic oxidation sites excluding steroid dienone is 1. The highest BCUT2D eigenvalue weighted by atomic mass is 16.5. The monoisotopic (exact) mass is 170 g/mol. The molecule has 0 saturated carbocycles. The van der Waals surface area contributed by atoms with Gasteiger partial charge in [-0.2, -0.15) is 0 Å². The average Bonchev–Trinajstić information content (AvgIpc) is 2.07. The van der Waals surface area contributed by atoms with Crippen LogP contribution in [0.15, 0.2) is 11.6 Å². The second-order valence-electron chi connectivity index (χ2n) is 3.02. The Labute approximate surface area is 74.6 Å². The van der Waals surface area contributed by atoms with Crippen molar-refractivity contribution in [1.82, 2.24) is 0 Å². The second-order valence-corrected chi connectivity index (χ2v) is 3.02. The van der Waals surface area contributed by atoms with Crippen molar-refractivity contribution in [1.29, 1.82) is 0 Å². The highest BCUT2D eigenvalue weighted by Gasteiger charge is 2.15. The van der Waals surface area contributed by atoms with Crippen LogP contribution in [0.3, 0.4) is 0 Å². The Kier molecular flexibility index (Phi) is 5.64. The maximum Gasteiger partial charge on any atom is 0.142 e. The fourth-order valence-electron chi connectivity index (χ4n) is 1.28. The molecule has 0 saturated heterocycles. The normalized spacial score (nSPS) is 17.2. The molecule has 12 heavy (non-hydrogen) atoms. The van der Waals surface area contributed by atoms with Gasteiger partial charge in [0.15, 0.2) is 0 Å². The summed E-state index contributed by atoms with van der Waals surface area (Å²) in [6.07, 6.45) is 3.63. The molecule has 2 nitrogen and oxygen atoms in total. The van der Waals surface area contributed by atoms with Gasteiger partial charge in [-0.3, -0.25) is 4.79 Å². The number of hydrogen-bond acceptors (Lipinski definition) is 2. The molecule has 0 aromatic rings. The summed E-state index contributed by atoms with van der Waals surface area (Å²) >= 11 is 0. The molecule has 0 radical (unpaired) electrons. The van der Waals surface area contributed by atoms with Crippen molar-refractivity contribution in [3.63, 3.8) is 0 Å². The molecule has 0 aliphatic carbocycles. The van der Waals surface area contributed by atoms with Crippen molar-refractivity contribution in [2.45, 2.75) is 33.3 Å². The molecule has 0 spiro atoms. The van der Waals surface area contributed by atoms with Crippen molar-refractivity contribution in [3.05, 3.63) is 11.6 Å². The Bertz CT molecular complexity index is 157. The van der Waals surface area contributed by atoms with Gasteiger partial charge in [0, 0.05) is 13.0 Å². The van der Waals surface area contributed by atoms with Gasteiger partial charge in [-0.05, 0) is 19.4 Å². The first-order valence-corrected chi connectivity index (χ1v) is 4.32. The summed E-state index contributed by atoms with van der Waals surface area (Å²) in [5, 5.41) is 0. The third kappa shape index (κ3) is 3.18. The predicted octanol–water partition coefficient (Wildman–Crippen LogP) is 2.19. The second kappa shape index (κ2) is 5.95. The fraction of sp³-hybridized carbons (Fsp3) is 0.700. The Balaban J connectivity index is 4.23. The SMILES string of the molecule is CCC(OC)C(C)/C(C)=C/C=O. The number of aldehydes is 1. The van der Waals surface area contributed by atoms with E-state index in [1.807, 2.05) is 6.92 Å². The van der Waals surface area contributed by atoms with Crippen molar-refractivity contribution < 1.29 is 9.53 Å². The van der Waals surface area contributed by atoms with Crippen LogP contribution in [0, 0.1) is 5.92 Å². The van der Waals surface area contributed by atoms with Gasteiger partial charge in [-0.1, -0.05) is 19.4 Å². The molecule has 0 fully saturated rings. The molecule has 0 rings (SSSR count). The molecule has 0 aliphatic heterocycles. The molecular formula is C10H18O2. The summed E-state index contributed by atoms with van der Waals surface area (Å²) in [5.41, 5.74) is 1.08. The molecule has 0 aromatic heterocycles. The van der Waals surface area contributed by atoms with Crippen molar-refractivity contribution in [2.24, 2.45) is 5.92 Å². The highest BCUT2D eigenvalue weighted by Crippen LogP contribution is 2.18. The fourth-order valence-corrected chi connectivity index (χ4v) is 1.28. The zero-order valence-corrected chi connectivity index (χ0v) is 8.33. The minimum Gasteiger partial charge on any atom is -0.381 e. The van der Waals surface area contributed by atoms with E-state index in [1.54, 1.807) is 13.2 Å². The van der Waals surface area contributed by atoms with E-state index < -0.39 is 0 Å². The lowest BCUT2D eigenvalue weighted by atomic mass is 9.94. The Morgan fingerprint density at radius 1 is 1.58 bits per heavy atom. The first kappa shape index (κ1) is 11.4. The summed E-state index contributed by atoms with van der Waals surface area (Å²) in [4.78, 5) is 10.2. The molecule has 2 unspecified atom stereocenters. The largest absolute Gasteiger partial charge is 0.381 e. The van der Waals surface area contributed by atoms with E-state index in [2.05, 4.69) is 13.8 Å². The zero-order chi connectivity index (χ0) is 9.56. The Morgan fingerprint density at radius 3 is 2.50 bits per heavy atom. The molecule has 2 atom stereocenters. The molecular weight excluding hydrogens is 152 g/mol. The van der Waals surface area contributed by atoms with E-state index in [0.717, 1.165) is 18.3 Å². The van der Waals surface area contributed by atoms with Crippen LogP contribution < -0.4 is 0 Å². The third-order valence-corrected chi connectivity index (χ3v) is 2.31. The zero-order valence-electron chi connectivity index (χ0n) is 8.33. The molecule has 0 aromatic carbocycles. The molecule has 2 heteroatoms. The summed E-state index contributed by atoms with van der Waals surface area (Å²) in [7, 11) is 1.71. The lowest BCUT2D eigenvalue weighted by molar-refractivity contribution is -0.104. The topological polar surface area (TPSA) is 26.3 Å². The lowest BCUT2D eigenvalue weighted by Crippen LogP contribution is -2.20. The van der Waals surface area contributed by atoms with Crippen molar-refractivity contribution in [2.75, 3.05) is 7.11 Å². The number of ether oxygens (including phenoxy) is 1. The van der Waals surface area contributed by atoms with Crippen LogP contribution in [0.5, 0.6) is 0 Å². The van der Waals surface area contributed by atoms with E-state index in [4.69, 9.17) is 4.74 Å². The minimum absolute atomic E-state index is 0.223. The summed E-state index contributed by atoms with van der Waals surface area (Å²) in [6.45, 7) is 6.12. The maximum absolute atomic E-state index is 10.2. The average molecular weight is 170 g/mol. The smallest absolute Gasteiger partial charge is 0.142 e. The van der Waals surface area contributed by atoms with E-state index in [1.165, 1.54) is 0 Å². The maximum atomic E-state index is 10.2. The van der Waals surface area contributed by atoms with Crippen LogP contribution in [0.25, 0.3) is 0 Å². The first-order valence-electron chi connectivity index (χ1n) is 4.32. The number of carbonyl (C=O) groups is 1. The highest BCUT2D eigenvalue weighted by molar-refractivity contribution is 5.66. The van der Waals surface area contributed by atoms with Gasteiger partial charge in [-0.15, -0.1) is 0 Å². The Hall–Kier alpha value is -0.630. The standard InChI is InChI=1S/C10H18O2/c1-5-10(12-4)9(3)8(2)6-7-11/h6-7,9-10H,5H2,1-4H3/b8-6+. The third-order valence-electron chi connectivity index (χ3n) is 2.31. The molecule has 0 heterocycles. The molecule has 0 N–H and O–H groups in total. The van der Waals surface area contributed by atoms with Gasteiger partial charge in [-0.25, -0.2) is 0 Å². The first-order chi connectivity index (χ1) is 5.67. The van der Waals surface area contributed by atoms with E-state index in [-0.39, 0.29) is 6.10 Å². The van der Waals surface area contributed by atoms with Gasteiger partial charge in [0.1, 0.15) is 6.29 Å². The van der Waals surface area contributed by atoms with Crippen molar-refractivity contribution in [3.8, 4) is 0 Å². The minimum atomic E-state index is 0.223. The van der Waals surface area contributed by atoms with Crippen molar-refractivity contribution >= 4 is 6.29 Å². The summed E-state index contributed by atoms with van der Waals surface area (Å²) < 4.78 is 5.27. The molecule has 0 aliphatic rings. The number of rotatable bonds is 5. The number of hydrogen-bond donors (Lipinski definition) is 0. The molecule has 70 valence electrons. The lowest BCUT2D eigenvalue weighted by Gasteiger charge is -2.21. The van der Waals surface area contributed by atoms with E-state index >= 15 is 0 Å². The number of methoxy groups -OCH3 is 1. The number of carbonyl (C=O) groups excluding carboxylic acids is 1. The summed E-state index contributed by atoms with van der Waals surface area (Å²) in [5.74, 6) is 0.324. The molecule has 0 bridgehead atoms.